The summed E-state index contributed by atoms with van der Waals surface area (Å²) < 4.78 is 26.7. The van der Waals surface area contributed by atoms with Gasteiger partial charge in [0.2, 0.25) is 15.9 Å². The molecule has 1 heterocycles. The molecule has 0 unspecified atom stereocenters. The van der Waals surface area contributed by atoms with Gasteiger partial charge >= 0.3 is 0 Å². The second-order valence-corrected chi connectivity index (χ2v) is 6.37. The molecular formula is C10H15BrN4O3S. The van der Waals surface area contributed by atoms with Crippen LogP contribution in [0.3, 0.4) is 0 Å². The van der Waals surface area contributed by atoms with Gasteiger partial charge in [-0.25, -0.2) is 18.1 Å². The summed E-state index contributed by atoms with van der Waals surface area (Å²) in [6.45, 7) is 2.08. The van der Waals surface area contributed by atoms with Crippen LogP contribution in [0, 0.1) is 0 Å². The molecule has 7 nitrogen and oxygen atoms in total. The predicted molar refractivity (Wildman–Crippen MR) is 75.1 cm³/mol. The third kappa shape index (κ3) is 4.77. The smallest absolute Gasteiger partial charge is 0.244 e. The van der Waals surface area contributed by atoms with Crippen molar-refractivity contribution in [2.75, 3.05) is 18.4 Å². The van der Waals surface area contributed by atoms with E-state index in [1.54, 1.807) is 0 Å². The van der Waals surface area contributed by atoms with Crippen molar-refractivity contribution in [2.45, 2.75) is 18.2 Å². The van der Waals surface area contributed by atoms with Crippen molar-refractivity contribution in [1.82, 2.24) is 9.71 Å². The number of carbonyl (C=O) groups is 1. The summed E-state index contributed by atoms with van der Waals surface area (Å²) in [5, 5.41) is 2.92. The van der Waals surface area contributed by atoms with Gasteiger partial charge < -0.3 is 11.1 Å². The molecule has 1 amide bonds. The topological polar surface area (TPSA) is 114 Å². The quantitative estimate of drug-likeness (QED) is 0.659. The molecular weight excluding hydrogens is 336 g/mol. The monoisotopic (exact) mass is 350 g/mol. The maximum absolute atomic E-state index is 12.1. The lowest BCUT2D eigenvalue weighted by Gasteiger charge is -2.11. The van der Waals surface area contributed by atoms with Gasteiger partial charge in [0, 0.05) is 17.2 Å². The number of aromatic nitrogens is 1. The van der Waals surface area contributed by atoms with Crippen LogP contribution in [0.5, 0.6) is 0 Å². The van der Waals surface area contributed by atoms with Crippen molar-refractivity contribution >= 4 is 37.7 Å². The Bertz CT molecular complexity index is 562. The average molecular weight is 351 g/mol. The van der Waals surface area contributed by atoms with Gasteiger partial charge in [-0.3, -0.25) is 4.79 Å². The molecule has 19 heavy (non-hydrogen) atoms. The Kier molecular flexibility index (Phi) is 5.70. The fraction of sp³-hybridized carbons (Fsp3) is 0.400. The van der Waals surface area contributed by atoms with Gasteiger partial charge in [0.25, 0.3) is 0 Å². The fourth-order valence-corrected chi connectivity index (χ4v) is 2.88. The first-order chi connectivity index (χ1) is 8.86. The van der Waals surface area contributed by atoms with Crippen LogP contribution in [-0.2, 0) is 14.8 Å². The molecule has 0 atom stereocenters. The van der Waals surface area contributed by atoms with Crippen LogP contribution in [0.2, 0.25) is 0 Å². The van der Waals surface area contributed by atoms with E-state index in [0.29, 0.717) is 11.0 Å². The van der Waals surface area contributed by atoms with Crippen LogP contribution in [0.25, 0.3) is 0 Å². The third-order valence-electron chi connectivity index (χ3n) is 2.09. The lowest BCUT2D eigenvalue weighted by atomic mass is 10.4. The standard InChI is InChI=1S/C10H15BrN4O3S/c1-2-3-13-10-8(4-7(11)5-14-10)19(17,18)15-6-9(12)16/h4-5,15H,2-3,6H2,1H3,(H2,12,16)(H,13,14). The molecule has 0 radical (unpaired) electrons. The molecule has 0 bridgehead atoms. The molecule has 0 spiro atoms. The molecule has 106 valence electrons. The van der Waals surface area contributed by atoms with Gasteiger partial charge in [0.1, 0.15) is 10.7 Å². The highest BCUT2D eigenvalue weighted by Crippen LogP contribution is 2.22. The van der Waals surface area contributed by atoms with E-state index in [9.17, 15) is 13.2 Å². The summed E-state index contributed by atoms with van der Waals surface area (Å²) in [6.07, 6.45) is 2.32. The zero-order valence-corrected chi connectivity index (χ0v) is 12.7. The first-order valence-corrected chi connectivity index (χ1v) is 7.82. The summed E-state index contributed by atoms with van der Waals surface area (Å²) in [4.78, 5) is 14.6. The second kappa shape index (κ2) is 6.83. The SMILES string of the molecule is CCCNc1ncc(Br)cc1S(=O)(=O)NCC(N)=O. The summed E-state index contributed by atoms with van der Waals surface area (Å²) in [5.74, 6) is -0.517. The average Bonchev–Trinajstić information content (AvgIpc) is 2.35. The largest absolute Gasteiger partial charge is 0.369 e. The molecule has 9 heteroatoms. The molecule has 1 aromatic rings. The van der Waals surface area contributed by atoms with Gasteiger partial charge in [0.05, 0.1) is 6.54 Å². The number of nitrogens with zero attached hydrogens (tertiary/aromatic N) is 1. The summed E-state index contributed by atoms with van der Waals surface area (Å²) in [6, 6.07) is 1.41. The van der Waals surface area contributed by atoms with Crippen LogP contribution >= 0.6 is 15.9 Å². The van der Waals surface area contributed by atoms with Crippen molar-refractivity contribution < 1.29 is 13.2 Å². The number of hydrogen-bond acceptors (Lipinski definition) is 5. The number of anilines is 1. The lowest BCUT2D eigenvalue weighted by Crippen LogP contribution is -2.33. The normalized spacial score (nSPS) is 11.3. The second-order valence-electron chi connectivity index (χ2n) is 3.72. The van der Waals surface area contributed by atoms with Gasteiger partial charge in [-0.15, -0.1) is 0 Å². The number of hydrogen-bond donors (Lipinski definition) is 3. The first-order valence-electron chi connectivity index (χ1n) is 5.54. The number of rotatable bonds is 7. The van der Waals surface area contributed by atoms with E-state index < -0.39 is 22.5 Å². The van der Waals surface area contributed by atoms with Gasteiger partial charge in [-0.05, 0) is 28.4 Å². The number of halogens is 1. The molecule has 4 N–H and O–H groups in total. The molecule has 0 fully saturated rings. The zero-order valence-electron chi connectivity index (χ0n) is 10.3. The van der Waals surface area contributed by atoms with E-state index in [0.717, 1.165) is 6.42 Å². The minimum Gasteiger partial charge on any atom is -0.369 e. The minimum absolute atomic E-state index is 0.0309. The third-order valence-corrected chi connectivity index (χ3v) is 3.94. The first kappa shape index (κ1) is 15.9. The van der Waals surface area contributed by atoms with E-state index in [4.69, 9.17) is 5.73 Å². The number of nitrogens with one attached hydrogen (secondary N) is 2. The predicted octanol–water partition coefficient (Wildman–Crippen LogP) is 0.430. The van der Waals surface area contributed by atoms with Crippen LogP contribution in [0.1, 0.15) is 13.3 Å². The van der Waals surface area contributed by atoms with Crippen molar-refractivity contribution in [3.8, 4) is 0 Å². The summed E-state index contributed by atoms with van der Waals surface area (Å²) >= 11 is 3.16. The van der Waals surface area contributed by atoms with Crippen molar-refractivity contribution in [2.24, 2.45) is 5.73 Å². The number of amides is 1. The molecule has 1 rings (SSSR count). The lowest BCUT2D eigenvalue weighted by molar-refractivity contribution is -0.116. The Morgan fingerprint density at radius 3 is 2.79 bits per heavy atom. The number of nitrogens with two attached hydrogens (primary N) is 1. The van der Waals surface area contributed by atoms with Gasteiger partial charge in [0.15, 0.2) is 0 Å². The Balaban J connectivity index is 3.08. The van der Waals surface area contributed by atoms with Crippen molar-refractivity contribution in [3.63, 3.8) is 0 Å². The summed E-state index contributed by atoms with van der Waals surface area (Å²) in [7, 11) is -3.84. The molecule has 0 aliphatic rings. The van der Waals surface area contributed by atoms with Gasteiger partial charge in [-0.2, -0.15) is 0 Å². The number of primary amides is 1. The highest BCUT2D eigenvalue weighted by molar-refractivity contribution is 9.10. The van der Waals surface area contributed by atoms with Crippen LogP contribution in [-0.4, -0.2) is 32.4 Å². The molecule has 0 saturated carbocycles. The Morgan fingerprint density at radius 2 is 2.21 bits per heavy atom. The maximum Gasteiger partial charge on any atom is 0.244 e. The molecule has 0 aliphatic heterocycles. The Hall–Kier alpha value is -1.19. The van der Waals surface area contributed by atoms with Crippen molar-refractivity contribution in [3.05, 3.63) is 16.7 Å². The van der Waals surface area contributed by atoms with E-state index >= 15 is 0 Å². The van der Waals surface area contributed by atoms with E-state index in [1.165, 1.54) is 12.3 Å². The Morgan fingerprint density at radius 1 is 1.53 bits per heavy atom. The Labute approximate surface area is 120 Å². The molecule has 0 saturated heterocycles. The highest BCUT2D eigenvalue weighted by atomic mass is 79.9. The van der Waals surface area contributed by atoms with Crippen LogP contribution in [0.15, 0.2) is 21.6 Å². The number of carbonyl (C=O) groups excluding carboxylic acids is 1. The number of pyridine rings is 1. The van der Waals surface area contributed by atoms with Gasteiger partial charge in [-0.1, -0.05) is 6.92 Å². The number of sulfonamides is 1. The zero-order chi connectivity index (χ0) is 14.5. The highest BCUT2D eigenvalue weighted by Gasteiger charge is 2.20. The summed E-state index contributed by atoms with van der Waals surface area (Å²) in [5.41, 5.74) is 4.92. The van der Waals surface area contributed by atoms with Crippen molar-refractivity contribution in [1.29, 1.82) is 0 Å². The maximum atomic E-state index is 12.1. The molecule has 0 aromatic carbocycles. The molecule has 0 aliphatic carbocycles. The van der Waals surface area contributed by atoms with E-state index in [2.05, 4.69) is 31.0 Å². The van der Waals surface area contributed by atoms with E-state index in [1.807, 2.05) is 6.92 Å². The molecule has 1 aromatic heterocycles. The minimum atomic E-state index is -3.84. The van der Waals surface area contributed by atoms with E-state index in [-0.39, 0.29) is 10.7 Å². The van der Waals surface area contributed by atoms with Crippen LogP contribution < -0.4 is 15.8 Å². The fourth-order valence-electron chi connectivity index (χ4n) is 1.25. The van der Waals surface area contributed by atoms with Crippen LogP contribution in [0.4, 0.5) is 5.82 Å².